The van der Waals surface area contributed by atoms with E-state index in [2.05, 4.69) is 44.8 Å². The van der Waals surface area contributed by atoms with Gasteiger partial charge in [-0.25, -0.2) is 0 Å². The summed E-state index contributed by atoms with van der Waals surface area (Å²) < 4.78 is 1.38. The van der Waals surface area contributed by atoms with Gasteiger partial charge in [-0.3, -0.25) is 4.99 Å². The normalized spacial score (nSPS) is 29.3. The number of hydrogen-bond donors (Lipinski definition) is 1. The molecule has 1 fully saturated rings. The maximum atomic E-state index is 4.62. The predicted molar refractivity (Wildman–Crippen MR) is 72.7 cm³/mol. The number of aliphatic imine (C=N–C) groups is 1. The van der Waals surface area contributed by atoms with Crippen LogP contribution in [0.4, 0.5) is 0 Å². The zero-order chi connectivity index (χ0) is 10.7. The van der Waals surface area contributed by atoms with Crippen molar-refractivity contribution in [2.24, 2.45) is 4.99 Å². The lowest BCUT2D eigenvalue weighted by Gasteiger charge is -2.31. The third-order valence-electron chi connectivity index (χ3n) is 3.00. The molecular formula is C11H18IN3. The number of allylic oxidation sites excluding steroid dienone is 1. The molecule has 2 aliphatic rings. The Morgan fingerprint density at radius 3 is 3.20 bits per heavy atom. The predicted octanol–water partition coefficient (Wildman–Crippen LogP) is 1.79. The highest BCUT2D eigenvalue weighted by atomic mass is 127. The van der Waals surface area contributed by atoms with Crippen LogP contribution in [0.2, 0.25) is 0 Å². The highest BCUT2D eigenvalue weighted by Gasteiger charge is 2.21. The third kappa shape index (κ3) is 3.26. The second-order valence-corrected chi connectivity index (χ2v) is 5.70. The first-order valence-electron chi connectivity index (χ1n) is 5.59. The maximum absolute atomic E-state index is 4.62. The Morgan fingerprint density at radius 1 is 1.53 bits per heavy atom. The van der Waals surface area contributed by atoms with E-state index in [9.17, 15) is 0 Å². The van der Waals surface area contributed by atoms with Crippen LogP contribution in [-0.2, 0) is 0 Å². The smallest absolute Gasteiger partial charge is 0.0584 e. The van der Waals surface area contributed by atoms with E-state index in [1.807, 2.05) is 6.20 Å². The molecule has 2 heterocycles. The Morgan fingerprint density at radius 2 is 2.40 bits per heavy atom. The van der Waals surface area contributed by atoms with E-state index >= 15 is 0 Å². The van der Waals surface area contributed by atoms with Crippen LogP contribution in [0.3, 0.4) is 0 Å². The molecule has 1 saturated heterocycles. The first-order chi connectivity index (χ1) is 7.25. The molecule has 0 aliphatic carbocycles. The van der Waals surface area contributed by atoms with Gasteiger partial charge in [0.25, 0.3) is 0 Å². The lowest BCUT2D eigenvalue weighted by molar-refractivity contribution is 0.268. The van der Waals surface area contributed by atoms with Gasteiger partial charge in [-0.2, -0.15) is 0 Å². The summed E-state index contributed by atoms with van der Waals surface area (Å²) in [5.74, 6) is 0. The van der Waals surface area contributed by atoms with Gasteiger partial charge >= 0.3 is 0 Å². The minimum Gasteiger partial charge on any atom is -0.307 e. The fourth-order valence-electron chi connectivity index (χ4n) is 2.10. The second-order valence-electron chi connectivity index (χ2n) is 4.32. The molecule has 4 heteroatoms. The lowest BCUT2D eigenvalue weighted by atomic mass is 10.0. The van der Waals surface area contributed by atoms with E-state index in [4.69, 9.17) is 0 Å². The van der Waals surface area contributed by atoms with Gasteiger partial charge in [-0.05, 0) is 48.9 Å². The van der Waals surface area contributed by atoms with Crippen LogP contribution < -0.4 is 5.32 Å². The van der Waals surface area contributed by atoms with Crippen molar-refractivity contribution in [3.63, 3.8) is 0 Å². The molecule has 2 aliphatic heterocycles. The largest absolute Gasteiger partial charge is 0.307 e. The molecule has 0 bridgehead atoms. The molecule has 0 radical (unpaired) electrons. The SMILES string of the molecule is CN1CCNC(C2=NC=C(I)CCC2)C1. The molecule has 0 aromatic carbocycles. The van der Waals surface area contributed by atoms with Crippen LogP contribution in [0.25, 0.3) is 0 Å². The zero-order valence-electron chi connectivity index (χ0n) is 9.17. The standard InChI is InChI=1S/C11H18IN3/c1-15-6-5-13-11(8-15)10-4-2-3-9(12)7-14-10/h7,11,13H,2-6,8H2,1H3. The van der Waals surface area contributed by atoms with Gasteiger partial charge < -0.3 is 10.2 Å². The molecule has 15 heavy (non-hydrogen) atoms. The van der Waals surface area contributed by atoms with Gasteiger partial charge in [0.2, 0.25) is 0 Å². The van der Waals surface area contributed by atoms with Crippen LogP contribution in [0, 0.1) is 0 Å². The summed E-state index contributed by atoms with van der Waals surface area (Å²) in [7, 11) is 2.19. The van der Waals surface area contributed by atoms with Crippen molar-refractivity contribution in [1.29, 1.82) is 0 Å². The summed E-state index contributed by atoms with van der Waals surface area (Å²) >= 11 is 2.39. The van der Waals surface area contributed by atoms with E-state index in [1.54, 1.807) is 0 Å². The molecule has 84 valence electrons. The molecule has 0 saturated carbocycles. The Kier molecular flexibility index (Phi) is 4.16. The highest BCUT2D eigenvalue weighted by Crippen LogP contribution is 2.20. The number of likely N-dealkylation sites (N-methyl/N-ethyl adjacent to an activating group) is 1. The lowest BCUT2D eigenvalue weighted by Crippen LogP contribution is -2.52. The van der Waals surface area contributed by atoms with Crippen molar-refractivity contribution in [1.82, 2.24) is 10.2 Å². The molecule has 1 unspecified atom stereocenters. The topological polar surface area (TPSA) is 27.6 Å². The van der Waals surface area contributed by atoms with Crippen molar-refractivity contribution >= 4 is 28.3 Å². The number of nitrogens with one attached hydrogen (secondary N) is 1. The summed E-state index contributed by atoms with van der Waals surface area (Å²) in [5, 5.41) is 3.56. The summed E-state index contributed by atoms with van der Waals surface area (Å²) in [4.78, 5) is 7.00. The van der Waals surface area contributed by atoms with Crippen molar-refractivity contribution in [2.45, 2.75) is 25.3 Å². The molecule has 3 nitrogen and oxygen atoms in total. The summed E-state index contributed by atoms with van der Waals surface area (Å²) in [6.45, 7) is 3.33. The third-order valence-corrected chi connectivity index (χ3v) is 3.82. The highest BCUT2D eigenvalue weighted by molar-refractivity contribution is 14.1. The zero-order valence-corrected chi connectivity index (χ0v) is 11.3. The van der Waals surface area contributed by atoms with E-state index in [-0.39, 0.29) is 0 Å². The van der Waals surface area contributed by atoms with Crippen LogP contribution in [0.5, 0.6) is 0 Å². The van der Waals surface area contributed by atoms with E-state index < -0.39 is 0 Å². The van der Waals surface area contributed by atoms with Crippen LogP contribution >= 0.6 is 22.6 Å². The van der Waals surface area contributed by atoms with Crippen LogP contribution in [-0.4, -0.2) is 43.3 Å². The monoisotopic (exact) mass is 319 g/mol. The Hall–Kier alpha value is 0.0600. The van der Waals surface area contributed by atoms with E-state index in [0.29, 0.717) is 6.04 Å². The number of piperazine rings is 1. The first-order valence-corrected chi connectivity index (χ1v) is 6.66. The molecular weight excluding hydrogens is 301 g/mol. The minimum absolute atomic E-state index is 0.474. The van der Waals surface area contributed by atoms with Gasteiger partial charge in [0.15, 0.2) is 0 Å². The summed E-state index contributed by atoms with van der Waals surface area (Å²) in [6, 6.07) is 0.474. The summed E-state index contributed by atoms with van der Waals surface area (Å²) in [5.41, 5.74) is 1.34. The average Bonchev–Trinajstić information content (AvgIpc) is 2.43. The molecule has 0 spiro atoms. The Balaban J connectivity index is 2.02. The second kappa shape index (κ2) is 5.41. The first kappa shape index (κ1) is 11.5. The van der Waals surface area contributed by atoms with Gasteiger partial charge in [-0.15, -0.1) is 0 Å². The Labute approximate surface area is 105 Å². The van der Waals surface area contributed by atoms with E-state index in [0.717, 1.165) is 26.1 Å². The minimum atomic E-state index is 0.474. The number of nitrogens with zero attached hydrogens (tertiary/aromatic N) is 2. The molecule has 1 atom stereocenters. The fraction of sp³-hybridized carbons (Fsp3) is 0.727. The average molecular weight is 319 g/mol. The molecule has 2 rings (SSSR count). The van der Waals surface area contributed by atoms with Crippen molar-refractivity contribution < 1.29 is 0 Å². The Bertz CT molecular complexity index is 286. The summed E-state index contributed by atoms with van der Waals surface area (Å²) in [6.07, 6.45) is 5.62. The quantitative estimate of drug-likeness (QED) is 0.746. The molecule has 0 aromatic rings. The van der Waals surface area contributed by atoms with Crippen molar-refractivity contribution in [3.8, 4) is 0 Å². The number of halogens is 1. The van der Waals surface area contributed by atoms with Crippen LogP contribution in [0.1, 0.15) is 19.3 Å². The van der Waals surface area contributed by atoms with Crippen molar-refractivity contribution in [2.75, 3.05) is 26.7 Å². The fourth-order valence-corrected chi connectivity index (χ4v) is 2.63. The van der Waals surface area contributed by atoms with E-state index in [1.165, 1.54) is 22.1 Å². The maximum Gasteiger partial charge on any atom is 0.0584 e. The van der Waals surface area contributed by atoms with Gasteiger partial charge in [0.05, 0.1) is 6.04 Å². The number of rotatable bonds is 1. The van der Waals surface area contributed by atoms with Gasteiger partial charge in [0.1, 0.15) is 0 Å². The number of hydrogen-bond acceptors (Lipinski definition) is 3. The van der Waals surface area contributed by atoms with Crippen LogP contribution in [0.15, 0.2) is 14.8 Å². The molecule has 0 aromatic heterocycles. The molecule has 0 amide bonds. The molecule has 1 N–H and O–H groups in total. The van der Waals surface area contributed by atoms with Crippen molar-refractivity contribution in [3.05, 3.63) is 9.78 Å². The van der Waals surface area contributed by atoms with Gasteiger partial charge in [-0.1, -0.05) is 0 Å². The van der Waals surface area contributed by atoms with Gasteiger partial charge in [0, 0.05) is 35.1 Å².